The van der Waals surface area contributed by atoms with Gasteiger partial charge in [-0.3, -0.25) is 4.79 Å². The van der Waals surface area contributed by atoms with Crippen molar-refractivity contribution in [3.05, 3.63) is 58.6 Å². The number of amides is 1. The summed E-state index contributed by atoms with van der Waals surface area (Å²) in [5, 5.41) is 9.68. The molecule has 2 saturated heterocycles. The zero-order valence-electron chi connectivity index (χ0n) is 20.3. The van der Waals surface area contributed by atoms with Gasteiger partial charge in [0.05, 0.1) is 10.6 Å². The lowest BCUT2D eigenvalue weighted by Gasteiger charge is -2.31. The van der Waals surface area contributed by atoms with E-state index in [1.165, 1.54) is 0 Å². The maximum atomic E-state index is 12.9. The molecule has 0 spiro atoms. The van der Waals surface area contributed by atoms with E-state index in [2.05, 4.69) is 34.9 Å². The van der Waals surface area contributed by atoms with Gasteiger partial charge in [-0.25, -0.2) is 0 Å². The predicted octanol–water partition coefficient (Wildman–Crippen LogP) is 5.15. The minimum Gasteiger partial charge on any atom is -0.371 e. The minimum absolute atomic E-state index is 0.0518. The molecule has 184 valence electrons. The van der Waals surface area contributed by atoms with Crippen LogP contribution in [0.2, 0.25) is 5.02 Å². The van der Waals surface area contributed by atoms with Gasteiger partial charge >= 0.3 is 0 Å². The Labute approximate surface area is 213 Å². The van der Waals surface area contributed by atoms with Crippen LogP contribution in [-0.4, -0.2) is 55.9 Å². The molecule has 1 amide bonds. The van der Waals surface area contributed by atoms with Crippen LogP contribution in [-0.2, 0) is 4.79 Å². The number of nitriles is 1. The van der Waals surface area contributed by atoms with E-state index >= 15 is 0 Å². The van der Waals surface area contributed by atoms with E-state index in [-0.39, 0.29) is 11.8 Å². The number of carbonyl (C=O) groups excluding carboxylic acids is 2. The Bertz CT molecular complexity index is 1070. The molecule has 0 saturated carbocycles. The molecule has 2 aromatic carbocycles. The standard InChI is InChI=1S/C28H33ClN4O2/c1-21-4-2-13-31(14-3-15-33(21)26-10-7-24(19-30)27(29)18-26)25-8-5-23(6-9-25)28(35)32-16-11-22(20-34)12-17-32/h5-10,18,20-22H,2-4,11-17H2,1H3/t21-/m0/s1. The lowest BCUT2D eigenvalue weighted by molar-refractivity contribution is -0.112. The Balaban J connectivity index is 1.39. The Morgan fingerprint density at radius 1 is 0.971 bits per heavy atom. The molecule has 0 N–H and O–H groups in total. The van der Waals surface area contributed by atoms with Gasteiger partial charge in [0.25, 0.3) is 5.91 Å². The van der Waals surface area contributed by atoms with Crippen molar-refractivity contribution in [3.8, 4) is 6.07 Å². The zero-order chi connectivity index (χ0) is 24.8. The van der Waals surface area contributed by atoms with Gasteiger partial charge in [-0.2, -0.15) is 5.26 Å². The van der Waals surface area contributed by atoms with E-state index in [0.717, 1.165) is 69.4 Å². The molecule has 0 aromatic heterocycles. The first-order chi connectivity index (χ1) is 17.0. The van der Waals surface area contributed by atoms with E-state index in [1.807, 2.05) is 29.2 Å². The fourth-order valence-electron chi connectivity index (χ4n) is 5.15. The Morgan fingerprint density at radius 2 is 1.66 bits per heavy atom. The highest BCUT2D eigenvalue weighted by molar-refractivity contribution is 6.32. The van der Waals surface area contributed by atoms with Crippen LogP contribution in [0.25, 0.3) is 0 Å². The molecule has 2 heterocycles. The molecule has 2 aliphatic rings. The largest absolute Gasteiger partial charge is 0.371 e. The maximum Gasteiger partial charge on any atom is 0.253 e. The van der Waals surface area contributed by atoms with Gasteiger partial charge < -0.3 is 19.5 Å². The average molecular weight is 493 g/mol. The van der Waals surface area contributed by atoms with Crippen LogP contribution in [0.5, 0.6) is 0 Å². The predicted molar refractivity (Wildman–Crippen MR) is 140 cm³/mol. The number of carbonyl (C=O) groups is 2. The second-order valence-electron chi connectivity index (χ2n) is 9.61. The first-order valence-electron chi connectivity index (χ1n) is 12.6. The van der Waals surface area contributed by atoms with Crippen molar-refractivity contribution in [1.29, 1.82) is 5.26 Å². The highest BCUT2D eigenvalue weighted by atomic mass is 35.5. The zero-order valence-corrected chi connectivity index (χ0v) is 21.1. The molecule has 7 heteroatoms. The topological polar surface area (TPSA) is 67.7 Å². The van der Waals surface area contributed by atoms with Crippen LogP contribution in [0.1, 0.15) is 54.9 Å². The molecule has 0 unspecified atom stereocenters. The molecule has 2 fully saturated rings. The molecule has 0 radical (unpaired) electrons. The molecular weight excluding hydrogens is 460 g/mol. The third-order valence-corrected chi connectivity index (χ3v) is 7.63. The summed E-state index contributed by atoms with van der Waals surface area (Å²) in [6, 6.07) is 16.2. The van der Waals surface area contributed by atoms with E-state index in [1.54, 1.807) is 6.07 Å². The summed E-state index contributed by atoms with van der Waals surface area (Å²) >= 11 is 6.30. The summed E-state index contributed by atoms with van der Waals surface area (Å²) in [6.07, 6.45) is 5.64. The first kappa shape index (κ1) is 25.1. The number of hydrogen-bond donors (Lipinski definition) is 0. The molecule has 1 atom stereocenters. The number of likely N-dealkylation sites (tertiary alicyclic amines) is 1. The quantitative estimate of drug-likeness (QED) is 0.552. The molecule has 4 rings (SSSR count). The summed E-state index contributed by atoms with van der Waals surface area (Å²) in [5.74, 6) is 0.140. The van der Waals surface area contributed by atoms with Crippen molar-refractivity contribution >= 4 is 35.2 Å². The van der Waals surface area contributed by atoms with Crippen LogP contribution >= 0.6 is 11.6 Å². The number of anilines is 2. The van der Waals surface area contributed by atoms with Gasteiger partial charge in [0, 0.05) is 61.6 Å². The third kappa shape index (κ3) is 5.97. The van der Waals surface area contributed by atoms with Gasteiger partial charge in [-0.15, -0.1) is 0 Å². The maximum absolute atomic E-state index is 12.9. The summed E-state index contributed by atoms with van der Waals surface area (Å²) in [4.78, 5) is 30.5. The third-order valence-electron chi connectivity index (χ3n) is 7.31. The van der Waals surface area contributed by atoms with Crippen molar-refractivity contribution in [1.82, 2.24) is 4.90 Å². The SMILES string of the molecule is C[C@H]1CCCN(c2ccc(C(=O)N3CCC(C=O)CC3)cc2)CCCN1c1ccc(C#N)c(Cl)c1. The fourth-order valence-corrected chi connectivity index (χ4v) is 5.37. The monoisotopic (exact) mass is 492 g/mol. The molecule has 35 heavy (non-hydrogen) atoms. The highest BCUT2D eigenvalue weighted by Gasteiger charge is 2.24. The van der Waals surface area contributed by atoms with Crippen molar-refractivity contribution in [2.75, 3.05) is 42.5 Å². The van der Waals surface area contributed by atoms with Gasteiger partial charge in [0.1, 0.15) is 12.4 Å². The van der Waals surface area contributed by atoms with Crippen LogP contribution in [0.3, 0.4) is 0 Å². The summed E-state index contributed by atoms with van der Waals surface area (Å²) in [6.45, 7) is 6.36. The summed E-state index contributed by atoms with van der Waals surface area (Å²) in [7, 11) is 0. The van der Waals surface area contributed by atoms with Crippen molar-refractivity contribution < 1.29 is 9.59 Å². The number of aldehydes is 1. The summed E-state index contributed by atoms with van der Waals surface area (Å²) in [5.41, 5.74) is 3.42. The second kappa shape index (κ2) is 11.6. The number of nitrogens with zero attached hydrogens (tertiary/aromatic N) is 4. The van der Waals surface area contributed by atoms with Gasteiger partial charge in [-0.05, 0) is 81.5 Å². The molecule has 2 aliphatic heterocycles. The normalized spacial score (nSPS) is 19.9. The number of piperidine rings is 1. The Kier molecular flexibility index (Phi) is 8.30. The minimum atomic E-state index is 0.0518. The van der Waals surface area contributed by atoms with E-state index in [9.17, 15) is 14.9 Å². The number of benzene rings is 2. The fraction of sp³-hybridized carbons (Fsp3) is 0.464. The molecule has 2 aromatic rings. The number of halogens is 1. The van der Waals surface area contributed by atoms with Crippen molar-refractivity contribution in [2.45, 2.75) is 45.1 Å². The first-order valence-corrected chi connectivity index (χ1v) is 12.9. The van der Waals surface area contributed by atoms with E-state index in [0.29, 0.717) is 35.3 Å². The van der Waals surface area contributed by atoms with Crippen LogP contribution in [0, 0.1) is 17.2 Å². The number of rotatable bonds is 4. The van der Waals surface area contributed by atoms with Gasteiger partial charge in [-0.1, -0.05) is 11.6 Å². The smallest absolute Gasteiger partial charge is 0.253 e. The lowest BCUT2D eigenvalue weighted by atomic mass is 9.98. The van der Waals surface area contributed by atoms with Crippen molar-refractivity contribution in [3.63, 3.8) is 0 Å². The Hall–Kier alpha value is -3.04. The highest BCUT2D eigenvalue weighted by Crippen LogP contribution is 2.28. The van der Waals surface area contributed by atoms with E-state index in [4.69, 9.17) is 11.6 Å². The molecule has 0 aliphatic carbocycles. The van der Waals surface area contributed by atoms with Gasteiger partial charge in [0.2, 0.25) is 0 Å². The van der Waals surface area contributed by atoms with Crippen LogP contribution in [0.4, 0.5) is 11.4 Å². The summed E-state index contributed by atoms with van der Waals surface area (Å²) < 4.78 is 0. The number of hydrogen-bond acceptors (Lipinski definition) is 5. The average Bonchev–Trinajstić information content (AvgIpc) is 2.98. The molecular formula is C28H33ClN4O2. The Morgan fingerprint density at radius 3 is 2.31 bits per heavy atom. The second-order valence-corrected chi connectivity index (χ2v) is 10.0. The molecule has 0 bridgehead atoms. The van der Waals surface area contributed by atoms with Gasteiger partial charge in [0.15, 0.2) is 0 Å². The lowest BCUT2D eigenvalue weighted by Crippen LogP contribution is -2.38. The van der Waals surface area contributed by atoms with Crippen molar-refractivity contribution in [2.24, 2.45) is 5.92 Å². The van der Waals surface area contributed by atoms with Crippen LogP contribution in [0.15, 0.2) is 42.5 Å². The van der Waals surface area contributed by atoms with E-state index < -0.39 is 0 Å². The van der Waals surface area contributed by atoms with Crippen LogP contribution < -0.4 is 9.80 Å². The molecule has 6 nitrogen and oxygen atoms in total.